The molecule has 0 aliphatic heterocycles. The standard InChI is InChI=1S/C9H10ClFOS/c1-5(12)6-3-7(10)9(13-2)8(11)4-6/h3-5,12H,1-2H3. The molecule has 0 radical (unpaired) electrons. The third kappa shape index (κ3) is 2.36. The van der Waals surface area contributed by atoms with Crippen molar-refractivity contribution in [1.82, 2.24) is 0 Å². The van der Waals surface area contributed by atoms with Crippen LogP contribution in [-0.4, -0.2) is 11.4 Å². The second kappa shape index (κ2) is 4.31. The number of aliphatic hydroxyl groups is 1. The molecular formula is C9H10ClFOS. The maximum atomic E-state index is 13.3. The van der Waals surface area contributed by atoms with E-state index in [-0.39, 0.29) is 5.82 Å². The molecule has 1 aromatic carbocycles. The van der Waals surface area contributed by atoms with Crippen LogP contribution < -0.4 is 0 Å². The predicted molar refractivity (Wildman–Crippen MR) is 53.8 cm³/mol. The Hall–Kier alpha value is -0.250. The van der Waals surface area contributed by atoms with E-state index in [0.717, 1.165) is 0 Å². The second-order valence-corrected chi connectivity index (χ2v) is 3.92. The van der Waals surface area contributed by atoms with Gasteiger partial charge in [0.15, 0.2) is 0 Å². The summed E-state index contributed by atoms with van der Waals surface area (Å²) in [7, 11) is 0. The Morgan fingerprint density at radius 2 is 2.15 bits per heavy atom. The monoisotopic (exact) mass is 220 g/mol. The van der Waals surface area contributed by atoms with Gasteiger partial charge in [-0.1, -0.05) is 11.6 Å². The van der Waals surface area contributed by atoms with Crippen molar-refractivity contribution in [2.24, 2.45) is 0 Å². The van der Waals surface area contributed by atoms with E-state index in [9.17, 15) is 9.50 Å². The summed E-state index contributed by atoms with van der Waals surface area (Å²) >= 11 is 7.06. The van der Waals surface area contributed by atoms with E-state index in [0.29, 0.717) is 15.5 Å². The SMILES string of the molecule is CSc1c(F)cc(C(C)O)cc1Cl. The zero-order valence-corrected chi connectivity index (χ0v) is 8.92. The minimum Gasteiger partial charge on any atom is -0.389 e. The van der Waals surface area contributed by atoms with Crippen LogP contribution in [-0.2, 0) is 0 Å². The molecule has 0 saturated heterocycles. The van der Waals surface area contributed by atoms with Gasteiger partial charge in [-0.3, -0.25) is 0 Å². The van der Waals surface area contributed by atoms with Crippen LogP contribution in [0.1, 0.15) is 18.6 Å². The summed E-state index contributed by atoms with van der Waals surface area (Å²) in [5.74, 6) is -0.379. The lowest BCUT2D eigenvalue weighted by molar-refractivity contribution is 0.198. The van der Waals surface area contributed by atoms with E-state index in [1.165, 1.54) is 17.8 Å². The zero-order valence-electron chi connectivity index (χ0n) is 7.34. The summed E-state index contributed by atoms with van der Waals surface area (Å²) in [6.07, 6.45) is 1.06. The number of halogens is 2. The molecule has 1 unspecified atom stereocenters. The highest BCUT2D eigenvalue weighted by atomic mass is 35.5. The van der Waals surface area contributed by atoms with Crippen LogP contribution in [0.25, 0.3) is 0 Å². The smallest absolute Gasteiger partial charge is 0.138 e. The molecule has 0 aromatic heterocycles. The normalized spacial score (nSPS) is 13.0. The average molecular weight is 221 g/mol. The van der Waals surface area contributed by atoms with E-state index in [1.807, 2.05) is 0 Å². The number of hydrogen-bond acceptors (Lipinski definition) is 2. The molecule has 0 aliphatic rings. The highest BCUT2D eigenvalue weighted by Gasteiger charge is 2.10. The van der Waals surface area contributed by atoms with Crippen molar-refractivity contribution in [3.8, 4) is 0 Å². The molecule has 0 amide bonds. The molecule has 13 heavy (non-hydrogen) atoms. The van der Waals surface area contributed by atoms with Crippen LogP contribution in [0.4, 0.5) is 4.39 Å². The molecule has 0 spiro atoms. The third-order valence-corrected chi connectivity index (χ3v) is 2.94. The Morgan fingerprint density at radius 1 is 1.54 bits per heavy atom. The molecule has 72 valence electrons. The highest BCUT2D eigenvalue weighted by molar-refractivity contribution is 7.98. The van der Waals surface area contributed by atoms with Crippen LogP contribution >= 0.6 is 23.4 Å². The van der Waals surface area contributed by atoms with Gasteiger partial charge >= 0.3 is 0 Å². The van der Waals surface area contributed by atoms with Crippen molar-refractivity contribution in [1.29, 1.82) is 0 Å². The number of benzene rings is 1. The van der Waals surface area contributed by atoms with E-state index in [4.69, 9.17) is 11.6 Å². The van der Waals surface area contributed by atoms with Crippen molar-refractivity contribution in [3.63, 3.8) is 0 Å². The molecule has 0 saturated carbocycles. The topological polar surface area (TPSA) is 20.2 Å². The van der Waals surface area contributed by atoms with Gasteiger partial charge in [0.25, 0.3) is 0 Å². The molecule has 0 fully saturated rings. The van der Waals surface area contributed by atoms with Crippen LogP contribution in [0.5, 0.6) is 0 Å². The lowest BCUT2D eigenvalue weighted by Gasteiger charge is -2.08. The molecule has 1 aromatic rings. The first-order valence-corrected chi connectivity index (χ1v) is 5.37. The first-order chi connectivity index (χ1) is 6.06. The second-order valence-electron chi connectivity index (χ2n) is 2.69. The first-order valence-electron chi connectivity index (χ1n) is 3.77. The summed E-state index contributed by atoms with van der Waals surface area (Å²) in [6, 6.07) is 2.89. The first kappa shape index (κ1) is 10.8. The Kier molecular flexibility index (Phi) is 3.59. The summed E-state index contributed by atoms with van der Waals surface area (Å²) in [5, 5.41) is 9.55. The van der Waals surface area contributed by atoms with Gasteiger partial charge in [-0.25, -0.2) is 4.39 Å². The fourth-order valence-corrected chi connectivity index (χ4v) is 1.97. The number of hydrogen-bond donors (Lipinski definition) is 1. The molecule has 0 bridgehead atoms. The third-order valence-electron chi connectivity index (χ3n) is 1.71. The van der Waals surface area contributed by atoms with Gasteiger partial charge in [0, 0.05) is 0 Å². The van der Waals surface area contributed by atoms with Gasteiger partial charge in [-0.15, -0.1) is 11.8 Å². The van der Waals surface area contributed by atoms with Gasteiger partial charge < -0.3 is 5.11 Å². The van der Waals surface area contributed by atoms with E-state index < -0.39 is 6.10 Å². The Bertz CT molecular complexity index is 291. The summed E-state index contributed by atoms with van der Waals surface area (Å²) in [5.41, 5.74) is 0.500. The molecule has 1 atom stereocenters. The zero-order chi connectivity index (χ0) is 10.0. The lowest BCUT2D eigenvalue weighted by Crippen LogP contribution is -1.94. The average Bonchev–Trinajstić information content (AvgIpc) is 2.03. The van der Waals surface area contributed by atoms with E-state index >= 15 is 0 Å². The van der Waals surface area contributed by atoms with Gasteiger partial charge in [-0.2, -0.15) is 0 Å². The van der Waals surface area contributed by atoms with Crippen LogP contribution in [0.15, 0.2) is 17.0 Å². The van der Waals surface area contributed by atoms with Crippen LogP contribution in [0.2, 0.25) is 5.02 Å². The van der Waals surface area contributed by atoms with Gasteiger partial charge in [-0.05, 0) is 30.9 Å². The molecule has 4 heteroatoms. The summed E-state index contributed by atoms with van der Waals surface area (Å²) in [4.78, 5) is 0.422. The number of rotatable bonds is 2. The lowest BCUT2D eigenvalue weighted by atomic mass is 10.1. The predicted octanol–water partition coefficient (Wildman–Crippen LogP) is 3.25. The Morgan fingerprint density at radius 3 is 2.54 bits per heavy atom. The van der Waals surface area contributed by atoms with Crippen molar-refractivity contribution < 1.29 is 9.50 Å². The van der Waals surface area contributed by atoms with Gasteiger partial charge in [0.2, 0.25) is 0 Å². The molecule has 1 nitrogen and oxygen atoms in total. The minimum absolute atomic E-state index is 0.350. The molecule has 1 N–H and O–H groups in total. The quantitative estimate of drug-likeness (QED) is 0.773. The number of thioether (sulfide) groups is 1. The molecule has 0 heterocycles. The Labute approximate surface area is 85.9 Å². The number of aliphatic hydroxyl groups excluding tert-OH is 1. The maximum Gasteiger partial charge on any atom is 0.138 e. The van der Waals surface area contributed by atoms with Crippen molar-refractivity contribution in [2.75, 3.05) is 6.26 Å². The largest absolute Gasteiger partial charge is 0.389 e. The van der Waals surface area contributed by atoms with Gasteiger partial charge in [0.05, 0.1) is 16.0 Å². The highest BCUT2D eigenvalue weighted by Crippen LogP contribution is 2.31. The molecule has 1 rings (SSSR count). The minimum atomic E-state index is -0.692. The van der Waals surface area contributed by atoms with E-state index in [1.54, 1.807) is 19.2 Å². The van der Waals surface area contributed by atoms with Crippen LogP contribution in [0.3, 0.4) is 0 Å². The summed E-state index contributed by atoms with van der Waals surface area (Å²) < 4.78 is 13.3. The maximum absolute atomic E-state index is 13.3. The van der Waals surface area contributed by atoms with Gasteiger partial charge in [0.1, 0.15) is 5.82 Å². The Balaban J connectivity index is 3.20. The van der Waals surface area contributed by atoms with Crippen molar-refractivity contribution in [2.45, 2.75) is 17.9 Å². The van der Waals surface area contributed by atoms with E-state index in [2.05, 4.69) is 0 Å². The van der Waals surface area contributed by atoms with Crippen molar-refractivity contribution in [3.05, 3.63) is 28.5 Å². The fraction of sp³-hybridized carbons (Fsp3) is 0.333. The fourth-order valence-electron chi connectivity index (χ4n) is 1.02. The molecule has 0 aliphatic carbocycles. The molecular weight excluding hydrogens is 211 g/mol. The summed E-state index contributed by atoms with van der Waals surface area (Å²) in [6.45, 7) is 1.57. The van der Waals surface area contributed by atoms with Crippen molar-refractivity contribution >= 4 is 23.4 Å². The van der Waals surface area contributed by atoms with Crippen LogP contribution in [0, 0.1) is 5.82 Å².